The first kappa shape index (κ1) is 20.8. The lowest BCUT2D eigenvalue weighted by Gasteiger charge is -2.20. The van der Waals surface area contributed by atoms with E-state index in [0.29, 0.717) is 22.1 Å². The highest BCUT2D eigenvalue weighted by Crippen LogP contribution is 2.39. The number of ether oxygens (including phenoxy) is 2. The Morgan fingerprint density at radius 1 is 1.18 bits per heavy atom. The van der Waals surface area contributed by atoms with Crippen molar-refractivity contribution in [2.75, 3.05) is 6.79 Å². The summed E-state index contributed by atoms with van der Waals surface area (Å²) >= 11 is 6.02. The topological polar surface area (TPSA) is 126 Å². The van der Waals surface area contributed by atoms with Crippen LogP contribution in [0.4, 0.5) is 0 Å². The van der Waals surface area contributed by atoms with Gasteiger partial charge in [0, 0.05) is 18.4 Å². The standard InChI is InChI=1S/C22H17ClN4O6/c1-11(28)27-16(12-5-6-17-18(7-12)33-10-32-17)9-15(25-27)19-20(29)24-22(31)26(21(19)30)14-4-2-3-13(23)8-14/h2-8,16,30H,9-10H2,1H3,(H,24,29,31). The molecule has 0 spiro atoms. The second-order valence-electron chi connectivity index (χ2n) is 7.52. The molecule has 0 bridgehead atoms. The summed E-state index contributed by atoms with van der Waals surface area (Å²) in [5.74, 6) is 0.181. The number of nitrogens with one attached hydrogen (secondary N) is 1. The average Bonchev–Trinajstić information content (AvgIpc) is 3.40. The second kappa shape index (κ2) is 7.82. The summed E-state index contributed by atoms with van der Waals surface area (Å²) in [6.07, 6.45) is 0.129. The number of benzene rings is 2. The average molecular weight is 469 g/mol. The van der Waals surface area contributed by atoms with E-state index in [0.717, 1.165) is 4.57 Å². The van der Waals surface area contributed by atoms with Gasteiger partial charge >= 0.3 is 5.69 Å². The molecule has 0 aliphatic carbocycles. The van der Waals surface area contributed by atoms with Crippen LogP contribution in [0.15, 0.2) is 57.2 Å². The Hall–Kier alpha value is -4.05. The zero-order valence-electron chi connectivity index (χ0n) is 17.2. The summed E-state index contributed by atoms with van der Waals surface area (Å²) in [6.45, 7) is 1.46. The molecule has 1 unspecified atom stereocenters. The minimum absolute atomic E-state index is 0.107. The van der Waals surface area contributed by atoms with Crippen molar-refractivity contribution in [3.63, 3.8) is 0 Å². The zero-order valence-corrected chi connectivity index (χ0v) is 18.0. The molecule has 2 aliphatic heterocycles. The Balaban J connectivity index is 1.60. The summed E-state index contributed by atoms with van der Waals surface area (Å²) in [4.78, 5) is 39.7. The van der Waals surface area contributed by atoms with Gasteiger partial charge < -0.3 is 14.6 Å². The number of nitrogens with zero attached hydrogens (tertiary/aromatic N) is 3. The highest BCUT2D eigenvalue weighted by Gasteiger charge is 2.35. The summed E-state index contributed by atoms with van der Waals surface area (Å²) in [6, 6.07) is 11.0. The van der Waals surface area contributed by atoms with Gasteiger partial charge in [-0.2, -0.15) is 5.10 Å². The monoisotopic (exact) mass is 468 g/mol. The van der Waals surface area contributed by atoms with Crippen LogP contribution in [-0.2, 0) is 4.79 Å². The molecule has 3 aromatic rings. The van der Waals surface area contributed by atoms with E-state index in [2.05, 4.69) is 10.1 Å². The van der Waals surface area contributed by atoms with Gasteiger partial charge in [0.15, 0.2) is 11.5 Å². The van der Waals surface area contributed by atoms with Crippen molar-refractivity contribution in [1.29, 1.82) is 0 Å². The highest BCUT2D eigenvalue weighted by molar-refractivity contribution is 6.30. The van der Waals surface area contributed by atoms with E-state index in [9.17, 15) is 19.5 Å². The maximum Gasteiger partial charge on any atom is 0.335 e. The molecule has 2 N–H and O–H groups in total. The van der Waals surface area contributed by atoms with Crippen LogP contribution < -0.4 is 20.7 Å². The molecule has 168 valence electrons. The molecule has 0 saturated heterocycles. The summed E-state index contributed by atoms with van der Waals surface area (Å²) in [5, 5.41) is 16.8. The molecule has 0 saturated carbocycles. The second-order valence-corrected chi connectivity index (χ2v) is 7.95. The van der Waals surface area contributed by atoms with E-state index < -0.39 is 23.2 Å². The minimum atomic E-state index is -0.835. The van der Waals surface area contributed by atoms with Gasteiger partial charge in [0.25, 0.3) is 5.56 Å². The quantitative estimate of drug-likeness (QED) is 0.607. The molecule has 1 aromatic heterocycles. The van der Waals surface area contributed by atoms with E-state index in [1.165, 1.54) is 18.0 Å². The van der Waals surface area contributed by atoms with Crippen molar-refractivity contribution in [3.05, 3.63) is 79.5 Å². The maximum absolute atomic E-state index is 12.7. The number of hydrogen-bond donors (Lipinski definition) is 2. The third kappa shape index (κ3) is 3.54. The van der Waals surface area contributed by atoms with Crippen molar-refractivity contribution in [1.82, 2.24) is 14.6 Å². The predicted octanol–water partition coefficient (Wildman–Crippen LogP) is 2.31. The molecule has 10 nitrogen and oxygen atoms in total. The highest BCUT2D eigenvalue weighted by atomic mass is 35.5. The van der Waals surface area contributed by atoms with Gasteiger partial charge in [0.1, 0.15) is 5.56 Å². The number of halogens is 1. The van der Waals surface area contributed by atoms with Crippen molar-refractivity contribution in [2.24, 2.45) is 5.10 Å². The predicted molar refractivity (Wildman–Crippen MR) is 118 cm³/mol. The molecule has 0 fully saturated rings. The number of hydrogen-bond acceptors (Lipinski definition) is 7. The Kier molecular flexibility index (Phi) is 4.94. The largest absolute Gasteiger partial charge is 0.493 e. The minimum Gasteiger partial charge on any atom is -0.493 e. The normalized spacial score (nSPS) is 16.7. The van der Waals surface area contributed by atoms with Gasteiger partial charge in [-0.3, -0.25) is 14.6 Å². The molecule has 3 heterocycles. The van der Waals surface area contributed by atoms with Crippen LogP contribution in [0.3, 0.4) is 0 Å². The van der Waals surface area contributed by atoms with E-state index in [4.69, 9.17) is 21.1 Å². The molecule has 0 radical (unpaired) electrons. The SMILES string of the molecule is CC(=O)N1N=C(c2c(O)n(-c3cccc(Cl)c3)c(=O)[nH]c2=O)CC1c1ccc2c(c1)OCO2. The number of carbonyl (C=O) groups excluding carboxylic acids is 1. The van der Waals surface area contributed by atoms with E-state index in [1.807, 2.05) is 0 Å². The molecular weight excluding hydrogens is 452 g/mol. The number of hydrazone groups is 1. The lowest BCUT2D eigenvalue weighted by molar-refractivity contribution is -0.130. The fourth-order valence-corrected chi connectivity index (χ4v) is 4.16. The molecule has 2 aromatic carbocycles. The molecular formula is C22H17ClN4O6. The Morgan fingerprint density at radius 2 is 1.97 bits per heavy atom. The number of aromatic amines is 1. The van der Waals surface area contributed by atoms with Crippen LogP contribution in [-0.4, -0.2) is 38.1 Å². The first-order chi connectivity index (χ1) is 15.8. The van der Waals surface area contributed by atoms with Crippen LogP contribution in [0.1, 0.15) is 30.5 Å². The number of H-pyrrole nitrogens is 1. The molecule has 1 atom stereocenters. The Morgan fingerprint density at radius 3 is 2.73 bits per heavy atom. The van der Waals surface area contributed by atoms with Gasteiger partial charge in [0.05, 0.1) is 17.4 Å². The number of rotatable bonds is 3. The maximum atomic E-state index is 12.7. The number of carbonyl (C=O) groups is 1. The molecule has 11 heteroatoms. The van der Waals surface area contributed by atoms with Crippen LogP contribution in [0, 0.1) is 0 Å². The number of fused-ring (bicyclic) bond motifs is 1. The summed E-state index contributed by atoms with van der Waals surface area (Å²) in [7, 11) is 0. The Bertz CT molecular complexity index is 1440. The van der Waals surface area contributed by atoms with Crippen molar-refractivity contribution in [3.8, 4) is 23.1 Å². The van der Waals surface area contributed by atoms with Crippen molar-refractivity contribution >= 4 is 23.2 Å². The molecule has 1 amide bonds. The van der Waals surface area contributed by atoms with Crippen molar-refractivity contribution in [2.45, 2.75) is 19.4 Å². The van der Waals surface area contributed by atoms with Crippen LogP contribution in [0.25, 0.3) is 5.69 Å². The first-order valence-corrected chi connectivity index (χ1v) is 10.3. The van der Waals surface area contributed by atoms with Crippen LogP contribution >= 0.6 is 11.6 Å². The fourth-order valence-electron chi connectivity index (χ4n) is 3.97. The number of aromatic nitrogens is 2. The summed E-state index contributed by atoms with van der Waals surface area (Å²) in [5.41, 5.74) is -0.724. The number of amides is 1. The van der Waals surface area contributed by atoms with Crippen molar-refractivity contribution < 1.29 is 19.4 Å². The van der Waals surface area contributed by atoms with Gasteiger partial charge in [0.2, 0.25) is 18.6 Å². The van der Waals surface area contributed by atoms with Crippen LogP contribution in [0.2, 0.25) is 5.02 Å². The third-order valence-corrected chi connectivity index (χ3v) is 5.69. The smallest absolute Gasteiger partial charge is 0.335 e. The third-order valence-electron chi connectivity index (χ3n) is 5.46. The molecule has 33 heavy (non-hydrogen) atoms. The lowest BCUT2D eigenvalue weighted by Crippen LogP contribution is -2.33. The van der Waals surface area contributed by atoms with Crippen LogP contribution in [0.5, 0.6) is 17.4 Å². The molecule has 5 rings (SSSR count). The Labute approximate surface area is 191 Å². The van der Waals surface area contributed by atoms with E-state index >= 15 is 0 Å². The van der Waals surface area contributed by atoms with Gasteiger partial charge in [-0.25, -0.2) is 14.4 Å². The van der Waals surface area contributed by atoms with Gasteiger partial charge in [-0.05, 0) is 35.9 Å². The van der Waals surface area contributed by atoms with E-state index in [-0.39, 0.29) is 36.1 Å². The molecule has 2 aliphatic rings. The number of aromatic hydroxyl groups is 1. The van der Waals surface area contributed by atoms with Gasteiger partial charge in [-0.15, -0.1) is 0 Å². The zero-order chi connectivity index (χ0) is 23.3. The first-order valence-electron chi connectivity index (χ1n) is 9.95. The lowest BCUT2D eigenvalue weighted by atomic mass is 9.98. The fraction of sp³-hybridized carbons (Fsp3) is 0.182. The van der Waals surface area contributed by atoms with Gasteiger partial charge in [-0.1, -0.05) is 23.7 Å². The summed E-state index contributed by atoms with van der Waals surface area (Å²) < 4.78 is 11.7. The van der Waals surface area contributed by atoms with E-state index in [1.54, 1.807) is 36.4 Å².